The van der Waals surface area contributed by atoms with Crippen molar-refractivity contribution in [1.82, 2.24) is 15.2 Å². The number of hydrogen-bond donors (Lipinski definition) is 1. The number of carbonyl (C=O) groups excluding carboxylic acids is 1. The summed E-state index contributed by atoms with van der Waals surface area (Å²) in [6, 6.07) is 5.02. The Labute approximate surface area is 146 Å². The minimum atomic E-state index is 0.234. The van der Waals surface area contributed by atoms with E-state index in [1.165, 1.54) is 50.5 Å². The molecule has 0 radical (unpaired) electrons. The van der Waals surface area contributed by atoms with Crippen LogP contribution in [0.2, 0.25) is 0 Å². The number of amides is 1. The molecule has 1 saturated carbocycles. The van der Waals surface area contributed by atoms with E-state index in [0.29, 0.717) is 18.5 Å². The van der Waals surface area contributed by atoms with Crippen molar-refractivity contribution in [2.45, 2.75) is 76.3 Å². The molecule has 1 N–H and O–H groups in total. The SMILES string of the molecule is O=C(CCN1CCCCC1c1cccnc1)NC1CCCCCC1. The van der Waals surface area contributed by atoms with Gasteiger partial charge in [-0.25, -0.2) is 0 Å². The van der Waals surface area contributed by atoms with Crippen LogP contribution in [0.1, 0.15) is 75.8 Å². The van der Waals surface area contributed by atoms with Crippen molar-refractivity contribution in [3.63, 3.8) is 0 Å². The van der Waals surface area contributed by atoms with Gasteiger partial charge in [-0.2, -0.15) is 0 Å². The van der Waals surface area contributed by atoms with E-state index in [-0.39, 0.29) is 5.91 Å². The first-order valence-electron chi connectivity index (χ1n) is 9.76. The predicted molar refractivity (Wildman–Crippen MR) is 96.7 cm³/mol. The predicted octanol–water partition coefficient (Wildman–Crippen LogP) is 3.84. The fraction of sp³-hybridized carbons (Fsp3) is 0.700. The highest BCUT2D eigenvalue weighted by Crippen LogP contribution is 2.30. The smallest absolute Gasteiger partial charge is 0.221 e. The lowest BCUT2D eigenvalue weighted by atomic mass is 9.96. The van der Waals surface area contributed by atoms with E-state index < -0.39 is 0 Å². The monoisotopic (exact) mass is 329 g/mol. The third kappa shape index (κ3) is 5.04. The van der Waals surface area contributed by atoms with E-state index in [4.69, 9.17) is 0 Å². The van der Waals surface area contributed by atoms with Gasteiger partial charge in [0, 0.05) is 37.4 Å². The summed E-state index contributed by atoms with van der Waals surface area (Å²) in [6.07, 6.45) is 15.6. The number of carbonyl (C=O) groups is 1. The van der Waals surface area contributed by atoms with Crippen LogP contribution in [0.4, 0.5) is 0 Å². The van der Waals surface area contributed by atoms with Gasteiger partial charge in [0.1, 0.15) is 0 Å². The second kappa shape index (κ2) is 9.16. The van der Waals surface area contributed by atoms with Crippen LogP contribution in [0.25, 0.3) is 0 Å². The lowest BCUT2D eigenvalue weighted by Gasteiger charge is -2.35. The summed E-state index contributed by atoms with van der Waals surface area (Å²) in [5.41, 5.74) is 1.29. The average molecular weight is 329 g/mol. The van der Waals surface area contributed by atoms with Crippen molar-refractivity contribution < 1.29 is 4.79 Å². The van der Waals surface area contributed by atoms with Crippen LogP contribution in [-0.4, -0.2) is 34.9 Å². The van der Waals surface area contributed by atoms with E-state index in [1.54, 1.807) is 0 Å². The van der Waals surface area contributed by atoms with Gasteiger partial charge in [0.25, 0.3) is 0 Å². The molecule has 0 aromatic carbocycles. The van der Waals surface area contributed by atoms with E-state index in [0.717, 1.165) is 25.9 Å². The van der Waals surface area contributed by atoms with Crippen molar-refractivity contribution in [3.8, 4) is 0 Å². The zero-order valence-electron chi connectivity index (χ0n) is 14.8. The molecule has 1 aliphatic heterocycles. The molecule has 132 valence electrons. The molecule has 3 rings (SSSR count). The summed E-state index contributed by atoms with van der Waals surface area (Å²) in [5.74, 6) is 0.234. The molecule has 1 aliphatic carbocycles. The van der Waals surface area contributed by atoms with Crippen molar-refractivity contribution in [2.75, 3.05) is 13.1 Å². The maximum atomic E-state index is 12.4. The molecular formula is C20H31N3O. The van der Waals surface area contributed by atoms with Gasteiger partial charge in [-0.1, -0.05) is 38.2 Å². The minimum absolute atomic E-state index is 0.234. The number of hydrogen-bond acceptors (Lipinski definition) is 3. The summed E-state index contributed by atoms with van der Waals surface area (Å²) in [6.45, 7) is 1.95. The Morgan fingerprint density at radius 2 is 1.92 bits per heavy atom. The molecule has 24 heavy (non-hydrogen) atoms. The van der Waals surface area contributed by atoms with E-state index in [1.807, 2.05) is 18.5 Å². The first kappa shape index (κ1) is 17.4. The highest BCUT2D eigenvalue weighted by molar-refractivity contribution is 5.76. The van der Waals surface area contributed by atoms with Crippen LogP contribution < -0.4 is 5.32 Å². The molecule has 0 bridgehead atoms. The van der Waals surface area contributed by atoms with Crippen LogP contribution in [0.5, 0.6) is 0 Å². The van der Waals surface area contributed by atoms with Crippen molar-refractivity contribution in [3.05, 3.63) is 30.1 Å². The largest absolute Gasteiger partial charge is 0.353 e. The van der Waals surface area contributed by atoms with Crippen LogP contribution >= 0.6 is 0 Å². The second-order valence-corrected chi connectivity index (χ2v) is 7.34. The summed E-state index contributed by atoms with van der Waals surface area (Å²) in [5, 5.41) is 3.28. The lowest BCUT2D eigenvalue weighted by molar-refractivity contribution is -0.122. The molecule has 1 aromatic rings. The molecule has 1 unspecified atom stereocenters. The summed E-state index contributed by atoms with van der Waals surface area (Å²) in [7, 11) is 0. The number of nitrogens with zero attached hydrogens (tertiary/aromatic N) is 2. The molecule has 2 heterocycles. The quantitative estimate of drug-likeness (QED) is 0.835. The van der Waals surface area contributed by atoms with Crippen molar-refractivity contribution in [1.29, 1.82) is 0 Å². The second-order valence-electron chi connectivity index (χ2n) is 7.34. The highest BCUT2D eigenvalue weighted by Gasteiger charge is 2.24. The molecule has 4 nitrogen and oxygen atoms in total. The Balaban J connectivity index is 1.49. The van der Waals surface area contributed by atoms with Gasteiger partial charge in [0.05, 0.1) is 0 Å². The van der Waals surface area contributed by atoms with E-state index in [2.05, 4.69) is 21.3 Å². The first-order chi connectivity index (χ1) is 11.8. The molecule has 2 fully saturated rings. The Morgan fingerprint density at radius 1 is 1.12 bits per heavy atom. The maximum absolute atomic E-state index is 12.4. The summed E-state index contributed by atoms with van der Waals surface area (Å²) in [4.78, 5) is 19.1. The Kier molecular flexibility index (Phi) is 6.65. The molecule has 2 aliphatic rings. The third-order valence-corrected chi connectivity index (χ3v) is 5.53. The minimum Gasteiger partial charge on any atom is -0.353 e. The molecule has 4 heteroatoms. The lowest BCUT2D eigenvalue weighted by Crippen LogP contribution is -2.39. The molecule has 1 aromatic heterocycles. The normalized spacial score (nSPS) is 23.6. The van der Waals surface area contributed by atoms with Gasteiger partial charge in [0.15, 0.2) is 0 Å². The standard InChI is InChI=1S/C20H31N3O/c24-20(22-18-9-3-1-2-4-10-18)12-15-23-14-6-5-11-19(23)17-8-7-13-21-16-17/h7-8,13,16,18-19H,1-6,9-12,14-15H2,(H,22,24). The van der Waals surface area contributed by atoms with Crippen LogP contribution in [-0.2, 0) is 4.79 Å². The average Bonchev–Trinajstić information content (AvgIpc) is 2.90. The highest BCUT2D eigenvalue weighted by atomic mass is 16.1. The number of nitrogens with one attached hydrogen (secondary N) is 1. The van der Waals surface area contributed by atoms with E-state index >= 15 is 0 Å². The summed E-state index contributed by atoms with van der Waals surface area (Å²) >= 11 is 0. The topological polar surface area (TPSA) is 45.2 Å². The van der Waals surface area contributed by atoms with E-state index in [9.17, 15) is 4.79 Å². The first-order valence-corrected chi connectivity index (χ1v) is 9.76. The van der Waals surface area contributed by atoms with Gasteiger partial charge in [-0.05, 0) is 43.9 Å². The van der Waals surface area contributed by atoms with Crippen LogP contribution in [0.3, 0.4) is 0 Å². The fourth-order valence-corrected chi connectivity index (χ4v) is 4.18. The fourth-order valence-electron chi connectivity index (χ4n) is 4.18. The number of likely N-dealkylation sites (tertiary alicyclic amines) is 1. The maximum Gasteiger partial charge on any atom is 0.221 e. The molecule has 1 saturated heterocycles. The molecule has 0 spiro atoms. The van der Waals surface area contributed by atoms with Gasteiger partial charge in [-0.15, -0.1) is 0 Å². The Bertz CT molecular complexity index is 497. The zero-order valence-corrected chi connectivity index (χ0v) is 14.8. The summed E-state index contributed by atoms with van der Waals surface area (Å²) < 4.78 is 0. The zero-order chi connectivity index (χ0) is 16.6. The Morgan fingerprint density at radius 3 is 2.67 bits per heavy atom. The molecule has 1 amide bonds. The third-order valence-electron chi connectivity index (χ3n) is 5.53. The Hall–Kier alpha value is -1.42. The number of rotatable bonds is 5. The van der Waals surface area contributed by atoms with Crippen molar-refractivity contribution in [2.24, 2.45) is 0 Å². The van der Waals surface area contributed by atoms with Crippen molar-refractivity contribution >= 4 is 5.91 Å². The van der Waals surface area contributed by atoms with Gasteiger partial charge in [-0.3, -0.25) is 14.7 Å². The number of aromatic nitrogens is 1. The van der Waals surface area contributed by atoms with Gasteiger partial charge < -0.3 is 5.32 Å². The van der Waals surface area contributed by atoms with Crippen LogP contribution in [0.15, 0.2) is 24.5 Å². The molecular weight excluding hydrogens is 298 g/mol. The van der Waals surface area contributed by atoms with Gasteiger partial charge >= 0.3 is 0 Å². The molecule has 1 atom stereocenters. The van der Waals surface area contributed by atoms with Gasteiger partial charge in [0.2, 0.25) is 5.91 Å². The number of piperidine rings is 1. The number of pyridine rings is 1. The van der Waals surface area contributed by atoms with Crippen LogP contribution in [0, 0.1) is 0 Å².